The van der Waals surface area contributed by atoms with Crippen molar-refractivity contribution in [3.63, 3.8) is 0 Å². The smallest absolute Gasteiger partial charge is 0.417 e. The van der Waals surface area contributed by atoms with Crippen molar-refractivity contribution in [2.24, 2.45) is 0 Å². The maximum Gasteiger partial charge on any atom is 0.417 e. The van der Waals surface area contributed by atoms with Crippen LogP contribution in [0.25, 0.3) is 16.9 Å². The minimum atomic E-state index is -4.83. The third-order valence-electron chi connectivity index (χ3n) is 7.02. The fraction of sp³-hybridized carbons (Fsp3) is 0.267. The van der Waals surface area contributed by atoms with Crippen LogP contribution in [0.4, 0.5) is 34.0 Å². The molecular weight excluding hydrogens is 614 g/mol. The van der Waals surface area contributed by atoms with Gasteiger partial charge in [0.2, 0.25) is 0 Å². The first-order valence-corrected chi connectivity index (χ1v) is 13.8. The topological polar surface area (TPSA) is 140 Å². The van der Waals surface area contributed by atoms with E-state index in [4.69, 9.17) is 4.74 Å². The van der Waals surface area contributed by atoms with Gasteiger partial charge in [0.25, 0.3) is 5.91 Å². The normalized spacial score (nSPS) is 13.4. The van der Waals surface area contributed by atoms with E-state index < -0.39 is 41.9 Å². The highest BCUT2D eigenvalue weighted by Gasteiger charge is 2.36. The molecular formula is C30H27F4N7O5. The quantitative estimate of drug-likeness (QED) is 0.156. The van der Waals surface area contributed by atoms with Crippen LogP contribution in [0.15, 0.2) is 61.2 Å². The number of nitrogens with one attached hydrogen (secondary N) is 2. The van der Waals surface area contributed by atoms with Crippen LogP contribution in [0.5, 0.6) is 0 Å². The second-order valence-electron chi connectivity index (χ2n) is 10.2. The van der Waals surface area contributed by atoms with Crippen molar-refractivity contribution in [3.8, 4) is 11.4 Å². The molecule has 1 fully saturated rings. The Labute approximate surface area is 259 Å². The Balaban J connectivity index is 1.48. The summed E-state index contributed by atoms with van der Waals surface area (Å²) in [6.45, 7) is 4.19. The number of Topliss-reactive ketones (excluding diaryl/α,β-unsaturated/α-hetero) is 1. The summed E-state index contributed by atoms with van der Waals surface area (Å²) in [5, 5.41) is 8.69. The minimum Gasteiger partial charge on any atom is -0.453 e. The number of pyridine rings is 1. The summed E-state index contributed by atoms with van der Waals surface area (Å²) in [7, 11) is 1.07. The average molecular weight is 642 g/mol. The zero-order chi connectivity index (χ0) is 33.0. The molecule has 1 saturated heterocycles. The van der Waals surface area contributed by atoms with Crippen LogP contribution >= 0.6 is 0 Å². The molecule has 46 heavy (non-hydrogen) atoms. The summed E-state index contributed by atoms with van der Waals surface area (Å²) in [5.74, 6) is -2.86. The molecule has 2 amide bonds. The molecule has 0 aliphatic carbocycles. The fourth-order valence-corrected chi connectivity index (χ4v) is 4.75. The van der Waals surface area contributed by atoms with Crippen LogP contribution in [0, 0.1) is 0 Å². The third-order valence-corrected chi connectivity index (χ3v) is 7.02. The summed E-state index contributed by atoms with van der Waals surface area (Å²) in [4.78, 5) is 45.7. The second-order valence-corrected chi connectivity index (χ2v) is 10.2. The van der Waals surface area contributed by atoms with Gasteiger partial charge in [-0.25, -0.2) is 23.7 Å². The van der Waals surface area contributed by atoms with E-state index in [0.717, 1.165) is 24.4 Å². The average Bonchev–Trinajstić information content (AvgIpc) is 3.45. The molecule has 4 heterocycles. The molecule has 0 radical (unpaired) electrons. The Morgan fingerprint density at radius 3 is 2.46 bits per heavy atom. The van der Waals surface area contributed by atoms with E-state index in [9.17, 15) is 31.9 Å². The number of carbonyl (C=O) groups excluding carboxylic acids is 3. The predicted octanol–water partition coefficient (Wildman–Crippen LogP) is 4.20. The van der Waals surface area contributed by atoms with Gasteiger partial charge in [0.05, 0.1) is 38.0 Å². The Morgan fingerprint density at radius 1 is 1.09 bits per heavy atom. The fourth-order valence-electron chi connectivity index (χ4n) is 4.75. The van der Waals surface area contributed by atoms with Crippen molar-refractivity contribution in [1.82, 2.24) is 24.9 Å². The predicted molar refractivity (Wildman–Crippen MR) is 157 cm³/mol. The number of carbonyl (C=O) groups is 3. The van der Waals surface area contributed by atoms with Gasteiger partial charge in [-0.2, -0.15) is 13.2 Å². The first-order chi connectivity index (χ1) is 21.9. The number of fused-ring (bicyclic) bond motifs is 1. The Kier molecular flexibility index (Phi) is 9.27. The van der Waals surface area contributed by atoms with Crippen LogP contribution in [0.3, 0.4) is 0 Å². The molecule has 2 N–H and O–H groups in total. The molecule has 0 bridgehead atoms. The largest absolute Gasteiger partial charge is 0.453 e. The van der Waals surface area contributed by atoms with Gasteiger partial charge in [-0.1, -0.05) is 30.8 Å². The minimum absolute atomic E-state index is 0.230. The molecule has 0 spiro atoms. The molecule has 12 nitrogen and oxygen atoms in total. The molecule has 5 rings (SSSR count). The maximum absolute atomic E-state index is 14.2. The third kappa shape index (κ3) is 7.28. The van der Waals surface area contributed by atoms with E-state index in [0.29, 0.717) is 55.7 Å². The van der Waals surface area contributed by atoms with Gasteiger partial charge in [0, 0.05) is 31.0 Å². The molecule has 0 atom stereocenters. The van der Waals surface area contributed by atoms with E-state index >= 15 is 0 Å². The van der Waals surface area contributed by atoms with Crippen molar-refractivity contribution in [1.29, 1.82) is 0 Å². The number of halogens is 4. The molecule has 1 aliphatic rings. The first kappa shape index (κ1) is 32.0. The van der Waals surface area contributed by atoms with Crippen molar-refractivity contribution in [3.05, 3.63) is 83.5 Å². The van der Waals surface area contributed by atoms with E-state index in [-0.39, 0.29) is 17.2 Å². The number of morpholine rings is 1. The number of ketones is 1. The number of hydrogen-bond donors (Lipinski definition) is 2. The molecule has 3 aromatic heterocycles. The van der Waals surface area contributed by atoms with E-state index in [1.807, 2.05) is 11.0 Å². The second kappa shape index (κ2) is 13.3. The molecule has 1 aromatic carbocycles. The molecule has 240 valence electrons. The lowest BCUT2D eigenvalue weighted by molar-refractivity contribution is -0.137. The number of rotatable bonds is 9. The van der Waals surface area contributed by atoms with Crippen LogP contribution in [-0.4, -0.2) is 77.3 Å². The SMILES string of the molecule is C=C(F)C(=O)NCC(=O)c1ccc(Cc2cc3c(N4CCOCC4)nc(-c4cnc(NC(=O)OC)cc4C(F)(F)F)nn3c2)cc1. The van der Waals surface area contributed by atoms with Crippen molar-refractivity contribution in [2.45, 2.75) is 12.6 Å². The monoisotopic (exact) mass is 641 g/mol. The Morgan fingerprint density at radius 2 is 1.80 bits per heavy atom. The van der Waals surface area contributed by atoms with Crippen LogP contribution in [0.1, 0.15) is 27.0 Å². The van der Waals surface area contributed by atoms with Gasteiger partial charge >= 0.3 is 12.3 Å². The molecule has 0 unspecified atom stereocenters. The number of anilines is 2. The zero-order valence-corrected chi connectivity index (χ0v) is 24.4. The molecule has 4 aromatic rings. The first-order valence-electron chi connectivity index (χ1n) is 13.8. The number of aromatic nitrogens is 4. The van der Waals surface area contributed by atoms with Crippen LogP contribution < -0.4 is 15.5 Å². The highest BCUT2D eigenvalue weighted by molar-refractivity contribution is 6.01. The zero-order valence-electron chi connectivity index (χ0n) is 24.4. The number of ether oxygens (including phenoxy) is 2. The van der Waals surface area contributed by atoms with Crippen molar-refractivity contribution < 1.29 is 41.4 Å². The number of methoxy groups -OCH3 is 1. The lowest BCUT2D eigenvalue weighted by Gasteiger charge is -2.28. The summed E-state index contributed by atoms with van der Waals surface area (Å²) >= 11 is 0. The highest BCUT2D eigenvalue weighted by atomic mass is 19.4. The van der Waals surface area contributed by atoms with E-state index in [1.54, 1.807) is 30.5 Å². The van der Waals surface area contributed by atoms with Crippen LogP contribution in [-0.2, 0) is 26.9 Å². The Bertz CT molecular complexity index is 1800. The summed E-state index contributed by atoms with van der Waals surface area (Å²) < 4.78 is 66.9. The number of hydrogen-bond acceptors (Lipinski definition) is 9. The van der Waals surface area contributed by atoms with E-state index in [1.165, 1.54) is 4.52 Å². The lowest BCUT2D eigenvalue weighted by Crippen LogP contribution is -2.37. The van der Waals surface area contributed by atoms with Gasteiger partial charge < -0.3 is 19.7 Å². The molecule has 0 saturated carbocycles. The number of alkyl halides is 3. The Hall–Kier alpha value is -5.38. The van der Waals surface area contributed by atoms with Gasteiger partial charge in [0.1, 0.15) is 11.3 Å². The van der Waals surface area contributed by atoms with Crippen molar-refractivity contribution in [2.75, 3.05) is 50.2 Å². The number of benzene rings is 1. The summed E-state index contributed by atoms with van der Waals surface area (Å²) in [6.07, 6.45) is -2.79. The van der Waals surface area contributed by atoms with Gasteiger partial charge in [0.15, 0.2) is 23.3 Å². The number of amides is 2. The van der Waals surface area contributed by atoms with Crippen LogP contribution in [0.2, 0.25) is 0 Å². The summed E-state index contributed by atoms with van der Waals surface area (Å²) in [5.41, 5.74) is 0.956. The van der Waals surface area contributed by atoms with Gasteiger partial charge in [-0.05, 0) is 29.7 Å². The maximum atomic E-state index is 14.2. The van der Waals surface area contributed by atoms with Gasteiger partial charge in [-0.15, -0.1) is 5.10 Å². The highest BCUT2D eigenvalue weighted by Crippen LogP contribution is 2.38. The van der Waals surface area contributed by atoms with E-state index in [2.05, 4.69) is 37.0 Å². The van der Waals surface area contributed by atoms with Gasteiger partial charge in [-0.3, -0.25) is 14.9 Å². The van der Waals surface area contributed by atoms with Crippen molar-refractivity contribution >= 4 is 34.9 Å². The lowest BCUT2D eigenvalue weighted by atomic mass is 10.0. The summed E-state index contributed by atoms with van der Waals surface area (Å²) in [6, 6.07) is 9.11. The standard InChI is InChI=1S/C30H27F4N7O5/c1-17(31)28(43)36-15-24(42)20-5-3-18(4-6-20)11-19-12-23-27(40-7-9-46-10-8-40)38-26(39-41(23)16-19)21-14-35-25(37-29(44)45-2)13-22(21)30(32,33)34/h3-6,12-14,16H,1,7-11,15H2,2H3,(H,36,43)(H,35,37,44). The number of nitrogens with zero attached hydrogens (tertiary/aromatic N) is 5. The molecule has 1 aliphatic heterocycles. The molecule has 16 heteroatoms.